The molecule has 0 aliphatic carbocycles. The van der Waals surface area contributed by atoms with Crippen molar-refractivity contribution in [1.29, 1.82) is 0 Å². The fourth-order valence-corrected chi connectivity index (χ4v) is 3.55. The lowest BCUT2D eigenvalue weighted by Gasteiger charge is -2.35. The van der Waals surface area contributed by atoms with Gasteiger partial charge in [-0.2, -0.15) is 0 Å². The van der Waals surface area contributed by atoms with E-state index >= 15 is 0 Å². The number of hydrogen-bond donors (Lipinski definition) is 3. The van der Waals surface area contributed by atoms with Gasteiger partial charge in [-0.3, -0.25) is 4.90 Å². The second kappa shape index (κ2) is 10.0. The number of benzene rings is 1. The minimum absolute atomic E-state index is 0.00881. The minimum atomic E-state index is -0.748. The molecule has 0 atom stereocenters. The van der Waals surface area contributed by atoms with Crippen molar-refractivity contribution in [1.82, 2.24) is 15.3 Å². The van der Waals surface area contributed by atoms with E-state index in [-0.39, 0.29) is 41.4 Å². The number of nitrogens with one attached hydrogen (secondary N) is 1. The average Bonchev–Trinajstić information content (AvgIpc) is 2.74. The number of phenolic OH excluding ortho intramolecular Hbond substituents is 1. The summed E-state index contributed by atoms with van der Waals surface area (Å²) in [4.78, 5) is 36.3. The molecule has 1 saturated heterocycles. The molecule has 0 radical (unpaired) electrons. The topological polar surface area (TPSA) is 140 Å². The Morgan fingerprint density at radius 1 is 1.24 bits per heavy atom. The third-order valence-corrected chi connectivity index (χ3v) is 4.99. The van der Waals surface area contributed by atoms with Gasteiger partial charge in [0.1, 0.15) is 17.0 Å². The van der Waals surface area contributed by atoms with E-state index in [2.05, 4.69) is 15.3 Å². The van der Waals surface area contributed by atoms with E-state index < -0.39 is 17.7 Å². The number of nitrogens with two attached hydrogens (primary N) is 1. The number of aromatic nitrogens is 2. The van der Waals surface area contributed by atoms with Gasteiger partial charge >= 0.3 is 12.1 Å². The molecule has 0 bridgehead atoms. The van der Waals surface area contributed by atoms with Crippen molar-refractivity contribution in [2.24, 2.45) is 0 Å². The van der Waals surface area contributed by atoms with Crippen LogP contribution in [0.1, 0.15) is 51.0 Å². The van der Waals surface area contributed by atoms with E-state index in [1.54, 1.807) is 39.8 Å². The van der Waals surface area contributed by atoms with Crippen LogP contribution in [0.3, 0.4) is 0 Å². The largest absolute Gasteiger partial charge is 0.508 e. The van der Waals surface area contributed by atoms with Gasteiger partial charge in [0.2, 0.25) is 0 Å². The number of carbonyl (C=O) groups is 2. The third-order valence-electron chi connectivity index (χ3n) is 4.99. The summed E-state index contributed by atoms with van der Waals surface area (Å²) in [6, 6.07) is 6.05. The fourth-order valence-electron chi connectivity index (χ4n) is 3.55. The lowest BCUT2D eigenvalue weighted by atomic mass is 10.0. The normalized spacial score (nSPS) is 14.5. The molecule has 0 spiro atoms. The molecule has 10 heteroatoms. The Balaban J connectivity index is 2.20. The summed E-state index contributed by atoms with van der Waals surface area (Å²) >= 11 is 0. The van der Waals surface area contributed by atoms with Crippen LogP contribution in [0, 0.1) is 0 Å². The number of anilines is 2. The van der Waals surface area contributed by atoms with Crippen molar-refractivity contribution in [3.8, 4) is 17.1 Å². The average molecular weight is 458 g/mol. The number of phenols is 1. The van der Waals surface area contributed by atoms with E-state index in [9.17, 15) is 14.7 Å². The highest BCUT2D eigenvalue weighted by Crippen LogP contribution is 2.33. The number of esters is 1. The first-order valence-electron chi connectivity index (χ1n) is 11.0. The Hall–Kier alpha value is -3.40. The molecule has 3 rings (SSSR count). The van der Waals surface area contributed by atoms with Gasteiger partial charge in [0, 0.05) is 11.6 Å². The second-order valence-electron chi connectivity index (χ2n) is 8.74. The molecule has 1 aliphatic heterocycles. The van der Waals surface area contributed by atoms with Crippen LogP contribution in [-0.2, 0) is 9.47 Å². The number of amides is 1. The number of ether oxygens (including phenoxy) is 2. The molecule has 1 aliphatic rings. The van der Waals surface area contributed by atoms with Gasteiger partial charge in [-0.15, -0.1) is 0 Å². The third kappa shape index (κ3) is 5.89. The van der Waals surface area contributed by atoms with Crippen molar-refractivity contribution < 1.29 is 24.2 Å². The first kappa shape index (κ1) is 24.2. The fraction of sp³-hybridized carbons (Fsp3) is 0.478. The van der Waals surface area contributed by atoms with Gasteiger partial charge in [-0.25, -0.2) is 19.6 Å². The molecule has 1 aromatic carbocycles. The highest BCUT2D eigenvalue weighted by molar-refractivity contribution is 6.00. The summed E-state index contributed by atoms with van der Waals surface area (Å²) in [5, 5.41) is 13.2. The molecular formula is C23H31N5O5. The maximum Gasteiger partial charge on any atom is 0.416 e. The zero-order valence-electron chi connectivity index (χ0n) is 19.4. The van der Waals surface area contributed by atoms with Crippen molar-refractivity contribution in [2.75, 3.05) is 30.3 Å². The lowest BCUT2D eigenvalue weighted by Crippen LogP contribution is -2.49. The lowest BCUT2D eigenvalue weighted by molar-refractivity contribution is 0.0515. The van der Waals surface area contributed by atoms with Gasteiger partial charge < -0.3 is 25.6 Å². The van der Waals surface area contributed by atoms with Crippen LogP contribution >= 0.6 is 0 Å². The van der Waals surface area contributed by atoms with Gasteiger partial charge in [0.05, 0.1) is 6.61 Å². The smallest absolute Gasteiger partial charge is 0.416 e. The van der Waals surface area contributed by atoms with Gasteiger partial charge in [-0.1, -0.05) is 12.1 Å². The first-order chi connectivity index (χ1) is 15.6. The Morgan fingerprint density at radius 3 is 2.55 bits per heavy atom. The van der Waals surface area contributed by atoms with E-state index in [0.717, 1.165) is 0 Å². The van der Waals surface area contributed by atoms with Crippen molar-refractivity contribution in [3.05, 3.63) is 30.0 Å². The Bertz CT molecular complexity index is 1010. The number of piperidine rings is 1. The molecule has 1 fully saturated rings. The molecule has 1 amide bonds. The number of carbonyl (C=O) groups excluding carboxylic acids is 2. The Labute approximate surface area is 193 Å². The molecule has 2 heterocycles. The summed E-state index contributed by atoms with van der Waals surface area (Å²) < 4.78 is 10.8. The van der Waals surface area contributed by atoms with Crippen molar-refractivity contribution in [3.63, 3.8) is 0 Å². The quantitative estimate of drug-likeness (QED) is 0.578. The molecule has 2 aromatic rings. The Morgan fingerprint density at radius 2 is 1.94 bits per heavy atom. The number of rotatable bonds is 5. The molecular weight excluding hydrogens is 426 g/mol. The predicted molar refractivity (Wildman–Crippen MR) is 124 cm³/mol. The van der Waals surface area contributed by atoms with Crippen LogP contribution in [0.5, 0.6) is 5.75 Å². The second-order valence-corrected chi connectivity index (χ2v) is 8.74. The molecule has 33 heavy (non-hydrogen) atoms. The van der Waals surface area contributed by atoms with E-state index in [4.69, 9.17) is 15.2 Å². The SMILES string of the molecule is CCOC(=O)c1nc(-c2cccc(O)c2)nc(N(C(=O)OC(C)(C)C)C2CCNCC2)c1N. The monoisotopic (exact) mass is 457 g/mol. The van der Waals surface area contributed by atoms with E-state index in [1.807, 2.05) is 0 Å². The van der Waals surface area contributed by atoms with Gasteiger partial charge in [0.25, 0.3) is 0 Å². The minimum Gasteiger partial charge on any atom is -0.508 e. The summed E-state index contributed by atoms with van der Waals surface area (Å²) in [5.41, 5.74) is 5.85. The number of aromatic hydroxyl groups is 1. The maximum absolute atomic E-state index is 13.3. The standard InChI is InChI=1S/C23H31N5O5/c1-5-32-21(30)18-17(24)20(27-19(26-18)14-7-6-8-16(29)13-14)28(15-9-11-25-12-10-15)22(31)33-23(2,3)4/h6-8,13,15,25,29H,5,9-12,24H2,1-4H3. The van der Waals surface area contributed by atoms with Crippen LogP contribution in [-0.4, -0.2) is 58.5 Å². The van der Waals surface area contributed by atoms with Crippen LogP contribution < -0.4 is 16.0 Å². The predicted octanol–water partition coefficient (Wildman–Crippen LogP) is 3.10. The maximum atomic E-state index is 13.3. The molecule has 10 nitrogen and oxygen atoms in total. The molecule has 0 unspecified atom stereocenters. The van der Waals surface area contributed by atoms with Crippen molar-refractivity contribution >= 4 is 23.6 Å². The highest BCUT2D eigenvalue weighted by Gasteiger charge is 2.35. The van der Waals surface area contributed by atoms with Crippen LogP contribution in [0.4, 0.5) is 16.3 Å². The molecule has 0 saturated carbocycles. The zero-order chi connectivity index (χ0) is 24.2. The number of nitrogens with zero attached hydrogens (tertiary/aromatic N) is 3. The van der Waals surface area contributed by atoms with E-state index in [0.29, 0.717) is 31.5 Å². The van der Waals surface area contributed by atoms with Gasteiger partial charge in [0.15, 0.2) is 17.3 Å². The zero-order valence-corrected chi connectivity index (χ0v) is 19.4. The van der Waals surface area contributed by atoms with Gasteiger partial charge in [-0.05, 0) is 65.8 Å². The summed E-state index contributed by atoms with van der Waals surface area (Å²) in [6.45, 7) is 8.54. The van der Waals surface area contributed by atoms with Crippen LogP contribution in [0.25, 0.3) is 11.4 Å². The number of nitrogen functional groups attached to an aromatic ring is 1. The van der Waals surface area contributed by atoms with E-state index in [1.165, 1.54) is 17.0 Å². The molecule has 1 aromatic heterocycles. The van der Waals surface area contributed by atoms with Crippen LogP contribution in [0.15, 0.2) is 24.3 Å². The Kier molecular flexibility index (Phi) is 7.37. The molecule has 4 N–H and O–H groups in total. The van der Waals surface area contributed by atoms with Crippen molar-refractivity contribution in [2.45, 2.75) is 52.2 Å². The summed E-state index contributed by atoms with van der Waals surface area (Å²) in [6.07, 6.45) is 0.689. The number of hydrogen-bond acceptors (Lipinski definition) is 9. The summed E-state index contributed by atoms with van der Waals surface area (Å²) in [7, 11) is 0. The molecule has 178 valence electrons. The highest BCUT2D eigenvalue weighted by atomic mass is 16.6. The summed E-state index contributed by atoms with van der Waals surface area (Å²) in [5.74, 6) is -0.516. The van der Waals surface area contributed by atoms with Crippen LogP contribution in [0.2, 0.25) is 0 Å². The first-order valence-corrected chi connectivity index (χ1v) is 11.0.